The van der Waals surface area contributed by atoms with Crippen molar-refractivity contribution in [3.05, 3.63) is 71.5 Å². The van der Waals surface area contributed by atoms with Gasteiger partial charge in [0.2, 0.25) is 0 Å². The van der Waals surface area contributed by atoms with E-state index in [0.717, 1.165) is 43.1 Å². The number of amides is 1. The van der Waals surface area contributed by atoms with Gasteiger partial charge in [-0.25, -0.2) is 14.8 Å². The highest BCUT2D eigenvalue weighted by molar-refractivity contribution is 5.79. The maximum atomic E-state index is 12.6. The number of nitrogens with one attached hydrogen (secondary N) is 2. The standard InChI is InChI=1S/C28H33N5O2/c1-18-29-26(16-27(30-18)33(2)3)31-19-12-14-20(15-13-19)32-28(34)35-17-25-23-10-6-4-8-21(23)22-9-5-7-11-24(22)25/h4-11,16,19-20,25H,12-15,17H2,1-3H3,(H,32,34)(H,29,30,31). The normalized spacial score (nSPS) is 18.9. The number of aromatic nitrogens is 2. The average Bonchev–Trinajstić information content (AvgIpc) is 3.17. The van der Waals surface area contributed by atoms with E-state index in [1.54, 1.807) is 0 Å². The number of alkyl carbamates (subject to hydrolysis) is 1. The minimum atomic E-state index is -0.328. The molecule has 5 rings (SSSR count). The number of rotatable bonds is 6. The highest BCUT2D eigenvalue weighted by Crippen LogP contribution is 2.44. The fourth-order valence-electron chi connectivity index (χ4n) is 5.25. The number of carbonyl (C=O) groups excluding carboxylic acids is 1. The lowest BCUT2D eigenvalue weighted by Gasteiger charge is -2.30. The summed E-state index contributed by atoms with van der Waals surface area (Å²) in [6.07, 6.45) is 3.42. The molecule has 0 aliphatic heterocycles. The van der Waals surface area contributed by atoms with Crippen LogP contribution in [-0.2, 0) is 4.74 Å². The van der Waals surface area contributed by atoms with Crippen LogP contribution in [0.2, 0.25) is 0 Å². The first-order chi connectivity index (χ1) is 17.0. The second-order valence-electron chi connectivity index (χ2n) is 9.72. The number of hydrogen-bond acceptors (Lipinski definition) is 6. The fourth-order valence-corrected chi connectivity index (χ4v) is 5.25. The minimum Gasteiger partial charge on any atom is -0.449 e. The van der Waals surface area contributed by atoms with Gasteiger partial charge in [-0.15, -0.1) is 0 Å². The summed E-state index contributed by atoms with van der Waals surface area (Å²) in [5.41, 5.74) is 4.93. The summed E-state index contributed by atoms with van der Waals surface area (Å²) in [5.74, 6) is 2.58. The predicted octanol–water partition coefficient (Wildman–Crippen LogP) is 5.11. The van der Waals surface area contributed by atoms with Gasteiger partial charge in [-0.2, -0.15) is 0 Å². The molecular formula is C28H33N5O2. The Kier molecular flexibility index (Phi) is 6.57. The zero-order valence-corrected chi connectivity index (χ0v) is 20.6. The number of anilines is 2. The minimum absolute atomic E-state index is 0.0801. The van der Waals surface area contributed by atoms with E-state index in [2.05, 4.69) is 57.0 Å². The molecule has 1 heterocycles. The molecule has 7 heteroatoms. The van der Waals surface area contributed by atoms with Gasteiger partial charge in [0.25, 0.3) is 0 Å². The third-order valence-corrected chi connectivity index (χ3v) is 7.03. The summed E-state index contributed by atoms with van der Waals surface area (Å²) < 4.78 is 5.73. The molecule has 1 amide bonds. The molecule has 2 aliphatic rings. The van der Waals surface area contributed by atoms with Gasteiger partial charge in [0.15, 0.2) is 0 Å². The molecule has 2 aromatic carbocycles. The first kappa shape index (κ1) is 23.1. The predicted molar refractivity (Wildman–Crippen MR) is 139 cm³/mol. The Morgan fingerprint density at radius 2 is 1.54 bits per heavy atom. The van der Waals surface area contributed by atoms with E-state index in [9.17, 15) is 4.79 Å². The van der Waals surface area contributed by atoms with Crippen LogP contribution in [0.3, 0.4) is 0 Å². The van der Waals surface area contributed by atoms with Gasteiger partial charge >= 0.3 is 6.09 Å². The highest BCUT2D eigenvalue weighted by atomic mass is 16.5. The van der Waals surface area contributed by atoms with Crippen LogP contribution >= 0.6 is 0 Å². The molecule has 0 atom stereocenters. The van der Waals surface area contributed by atoms with Crippen LogP contribution in [0.15, 0.2) is 54.6 Å². The molecule has 0 radical (unpaired) electrons. The molecule has 7 nitrogen and oxygen atoms in total. The van der Waals surface area contributed by atoms with Crippen molar-refractivity contribution >= 4 is 17.7 Å². The summed E-state index contributed by atoms with van der Waals surface area (Å²) in [6, 6.07) is 19.2. The number of fused-ring (bicyclic) bond motifs is 3. The molecule has 3 aromatic rings. The van der Waals surface area contributed by atoms with Crippen molar-refractivity contribution in [2.45, 2.75) is 50.6 Å². The van der Waals surface area contributed by atoms with Crippen molar-refractivity contribution in [1.29, 1.82) is 0 Å². The maximum Gasteiger partial charge on any atom is 0.407 e. The largest absolute Gasteiger partial charge is 0.449 e. The van der Waals surface area contributed by atoms with E-state index in [4.69, 9.17) is 4.74 Å². The van der Waals surface area contributed by atoms with Crippen LogP contribution in [-0.4, -0.2) is 48.8 Å². The summed E-state index contributed by atoms with van der Waals surface area (Å²) in [6.45, 7) is 2.26. The zero-order chi connectivity index (χ0) is 24.4. The van der Waals surface area contributed by atoms with E-state index in [1.807, 2.05) is 44.1 Å². The number of benzene rings is 2. The van der Waals surface area contributed by atoms with Crippen LogP contribution in [0, 0.1) is 6.92 Å². The summed E-state index contributed by atoms with van der Waals surface area (Å²) in [5, 5.41) is 6.64. The molecule has 1 saturated carbocycles. The average molecular weight is 472 g/mol. The summed E-state index contributed by atoms with van der Waals surface area (Å²) in [7, 11) is 3.96. The fraction of sp³-hybridized carbons (Fsp3) is 0.393. The van der Waals surface area contributed by atoms with Crippen LogP contribution in [0.4, 0.5) is 16.4 Å². The highest BCUT2D eigenvalue weighted by Gasteiger charge is 2.29. The van der Waals surface area contributed by atoms with E-state index >= 15 is 0 Å². The van der Waals surface area contributed by atoms with Gasteiger partial charge in [0.05, 0.1) is 0 Å². The second kappa shape index (κ2) is 9.94. The van der Waals surface area contributed by atoms with Crippen molar-refractivity contribution in [2.75, 3.05) is 30.9 Å². The Morgan fingerprint density at radius 3 is 2.17 bits per heavy atom. The lowest BCUT2D eigenvalue weighted by molar-refractivity contribution is 0.136. The zero-order valence-electron chi connectivity index (χ0n) is 20.6. The lowest BCUT2D eigenvalue weighted by atomic mass is 9.91. The van der Waals surface area contributed by atoms with E-state index in [1.165, 1.54) is 22.3 Å². The summed E-state index contributed by atoms with van der Waals surface area (Å²) >= 11 is 0. The molecule has 0 unspecified atom stereocenters. The van der Waals surface area contributed by atoms with Gasteiger partial charge in [-0.05, 0) is 54.9 Å². The van der Waals surface area contributed by atoms with Gasteiger partial charge in [0.1, 0.15) is 24.1 Å². The van der Waals surface area contributed by atoms with Crippen molar-refractivity contribution < 1.29 is 9.53 Å². The quantitative estimate of drug-likeness (QED) is 0.520. The first-order valence-electron chi connectivity index (χ1n) is 12.4. The van der Waals surface area contributed by atoms with Gasteiger partial charge in [0, 0.05) is 38.2 Å². The number of ether oxygens (including phenoxy) is 1. The van der Waals surface area contributed by atoms with Gasteiger partial charge < -0.3 is 20.3 Å². The smallest absolute Gasteiger partial charge is 0.407 e. The van der Waals surface area contributed by atoms with Crippen molar-refractivity contribution in [3.63, 3.8) is 0 Å². The van der Waals surface area contributed by atoms with E-state index < -0.39 is 0 Å². The molecule has 182 valence electrons. The van der Waals surface area contributed by atoms with Gasteiger partial charge in [-0.3, -0.25) is 0 Å². The van der Waals surface area contributed by atoms with Gasteiger partial charge in [-0.1, -0.05) is 48.5 Å². The molecular weight excluding hydrogens is 438 g/mol. The Morgan fingerprint density at radius 1 is 0.943 bits per heavy atom. The number of nitrogens with zero attached hydrogens (tertiary/aromatic N) is 3. The van der Waals surface area contributed by atoms with Crippen LogP contribution in [0.25, 0.3) is 11.1 Å². The Balaban J connectivity index is 1.12. The molecule has 0 bridgehead atoms. The third kappa shape index (κ3) is 5.09. The second-order valence-corrected chi connectivity index (χ2v) is 9.72. The molecule has 2 N–H and O–H groups in total. The molecule has 1 fully saturated rings. The number of aryl methyl sites for hydroxylation is 1. The molecule has 1 aromatic heterocycles. The molecule has 0 saturated heterocycles. The Labute approximate surface area is 206 Å². The van der Waals surface area contributed by atoms with Crippen LogP contribution in [0.5, 0.6) is 0 Å². The molecule has 0 spiro atoms. The number of carbonyl (C=O) groups is 1. The SMILES string of the molecule is Cc1nc(NC2CCC(NC(=O)OCC3c4ccccc4-c4ccccc43)CC2)cc(N(C)C)n1. The molecule has 2 aliphatic carbocycles. The lowest BCUT2D eigenvalue weighted by Crippen LogP contribution is -2.40. The Bertz CT molecular complexity index is 1160. The van der Waals surface area contributed by atoms with Crippen molar-refractivity contribution in [3.8, 4) is 11.1 Å². The van der Waals surface area contributed by atoms with E-state index in [0.29, 0.717) is 12.6 Å². The van der Waals surface area contributed by atoms with Crippen LogP contribution in [0.1, 0.15) is 48.6 Å². The van der Waals surface area contributed by atoms with Crippen molar-refractivity contribution in [1.82, 2.24) is 15.3 Å². The number of hydrogen-bond donors (Lipinski definition) is 2. The topological polar surface area (TPSA) is 79.4 Å². The molecule has 35 heavy (non-hydrogen) atoms. The maximum absolute atomic E-state index is 12.6. The van der Waals surface area contributed by atoms with Crippen LogP contribution < -0.4 is 15.5 Å². The third-order valence-electron chi connectivity index (χ3n) is 7.03. The summed E-state index contributed by atoms with van der Waals surface area (Å²) in [4.78, 5) is 23.6. The van der Waals surface area contributed by atoms with Crippen molar-refractivity contribution in [2.24, 2.45) is 0 Å². The monoisotopic (exact) mass is 471 g/mol. The first-order valence-corrected chi connectivity index (χ1v) is 12.4. The Hall–Kier alpha value is -3.61. The van der Waals surface area contributed by atoms with E-state index in [-0.39, 0.29) is 18.1 Å².